The van der Waals surface area contributed by atoms with Crippen LogP contribution < -0.4 is 0 Å². The maximum absolute atomic E-state index is 12.4. The number of aliphatic carboxylic acids is 1. The van der Waals surface area contributed by atoms with Gasteiger partial charge in [-0.3, -0.25) is 4.79 Å². The first-order valence-electron chi connectivity index (χ1n) is 6.50. The van der Waals surface area contributed by atoms with Gasteiger partial charge < -0.3 is 5.11 Å². The van der Waals surface area contributed by atoms with E-state index < -0.39 is 27.4 Å². The van der Waals surface area contributed by atoms with E-state index in [4.69, 9.17) is 10.4 Å². The van der Waals surface area contributed by atoms with Gasteiger partial charge in [-0.2, -0.15) is 9.57 Å². The third-order valence-corrected chi connectivity index (χ3v) is 6.12. The van der Waals surface area contributed by atoms with E-state index in [0.29, 0.717) is 12.8 Å². The van der Waals surface area contributed by atoms with E-state index in [9.17, 15) is 13.2 Å². The van der Waals surface area contributed by atoms with Crippen molar-refractivity contribution >= 4 is 16.0 Å². The molecular weight excluding hydrogens is 268 g/mol. The normalized spacial score (nSPS) is 26.6. The molecule has 6 nitrogen and oxygen atoms in total. The number of rotatable bonds is 5. The average molecular weight is 286 g/mol. The summed E-state index contributed by atoms with van der Waals surface area (Å²) in [5, 5.41) is 17.9. The largest absolute Gasteiger partial charge is 0.480 e. The molecule has 1 saturated carbocycles. The topological polar surface area (TPSA) is 98.5 Å². The molecule has 7 heteroatoms. The molecule has 0 aromatic carbocycles. The number of carboxylic acid groups (broad SMARTS) is 1. The minimum Gasteiger partial charge on any atom is -0.480 e. The zero-order valence-electron chi connectivity index (χ0n) is 10.7. The number of sulfonamides is 1. The third kappa shape index (κ3) is 3.07. The Balaban J connectivity index is 2.14. The number of nitriles is 1. The lowest BCUT2D eigenvalue weighted by molar-refractivity contribution is -0.142. The second-order valence-corrected chi connectivity index (χ2v) is 7.47. The SMILES string of the molecule is N#CCC1(CS(=O)(=O)N2CCCCC2C(=O)O)CC1. The Kier molecular flexibility index (Phi) is 3.83. The summed E-state index contributed by atoms with van der Waals surface area (Å²) in [5.41, 5.74) is -0.423. The molecule has 0 aromatic rings. The average Bonchev–Trinajstić information content (AvgIpc) is 3.08. The van der Waals surface area contributed by atoms with Crippen molar-refractivity contribution in [2.75, 3.05) is 12.3 Å². The van der Waals surface area contributed by atoms with E-state index in [1.165, 1.54) is 0 Å². The molecule has 1 saturated heterocycles. The highest BCUT2D eigenvalue weighted by Crippen LogP contribution is 2.50. The summed E-state index contributed by atoms with van der Waals surface area (Å²) in [6.45, 7) is 0.280. The fraction of sp³-hybridized carbons (Fsp3) is 0.833. The smallest absolute Gasteiger partial charge is 0.322 e. The minimum atomic E-state index is -3.59. The van der Waals surface area contributed by atoms with Gasteiger partial charge in [-0.1, -0.05) is 0 Å². The lowest BCUT2D eigenvalue weighted by Gasteiger charge is -2.32. The summed E-state index contributed by atoms with van der Waals surface area (Å²) in [6.07, 6.45) is 3.54. The number of piperidine rings is 1. The first-order valence-corrected chi connectivity index (χ1v) is 8.10. The van der Waals surface area contributed by atoms with Crippen molar-refractivity contribution in [1.29, 1.82) is 5.26 Å². The molecule has 0 spiro atoms. The van der Waals surface area contributed by atoms with Crippen LogP contribution in [0.3, 0.4) is 0 Å². The Morgan fingerprint density at radius 3 is 2.63 bits per heavy atom. The number of hydrogen-bond acceptors (Lipinski definition) is 4. The number of carboxylic acids is 1. The van der Waals surface area contributed by atoms with Crippen LogP contribution >= 0.6 is 0 Å². The standard InChI is InChI=1S/C12H18N2O4S/c13-7-6-12(4-5-12)9-19(17,18)14-8-2-1-3-10(14)11(15)16/h10H,1-6,8-9H2,(H,15,16). The van der Waals surface area contributed by atoms with Gasteiger partial charge in [0.2, 0.25) is 10.0 Å². The van der Waals surface area contributed by atoms with Crippen LogP contribution in [-0.4, -0.2) is 42.1 Å². The lowest BCUT2D eigenvalue weighted by atomic mass is 10.1. The molecule has 19 heavy (non-hydrogen) atoms. The van der Waals surface area contributed by atoms with Crippen molar-refractivity contribution in [2.45, 2.75) is 44.6 Å². The molecule has 1 aliphatic heterocycles. The maximum atomic E-state index is 12.4. The minimum absolute atomic E-state index is 0.0860. The molecule has 0 amide bonds. The molecule has 1 heterocycles. The van der Waals surface area contributed by atoms with Gasteiger partial charge in [0.25, 0.3) is 0 Å². The number of nitrogens with zero attached hydrogens (tertiary/aromatic N) is 2. The summed E-state index contributed by atoms with van der Waals surface area (Å²) >= 11 is 0. The lowest BCUT2D eigenvalue weighted by Crippen LogP contribution is -2.49. The van der Waals surface area contributed by atoms with Crippen LogP contribution in [0.15, 0.2) is 0 Å². The monoisotopic (exact) mass is 286 g/mol. The van der Waals surface area contributed by atoms with Gasteiger partial charge in [0, 0.05) is 13.0 Å². The van der Waals surface area contributed by atoms with Gasteiger partial charge in [-0.15, -0.1) is 0 Å². The molecule has 1 unspecified atom stereocenters. The molecule has 2 aliphatic rings. The summed E-state index contributed by atoms with van der Waals surface area (Å²) in [4.78, 5) is 11.2. The van der Waals surface area contributed by atoms with Crippen LogP contribution in [0.5, 0.6) is 0 Å². The first kappa shape index (κ1) is 14.3. The van der Waals surface area contributed by atoms with Crippen molar-refractivity contribution in [2.24, 2.45) is 5.41 Å². The predicted molar refractivity (Wildman–Crippen MR) is 67.7 cm³/mol. The molecule has 0 aromatic heterocycles. The molecule has 2 rings (SSSR count). The zero-order valence-corrected chi connectivity index (χ0v) is 11.5. The molecule has 0 bridgehead atoms. The summed E-state index contributed by atoms with van der Waals surface area (Å²) in [5.74, 6) is -1.16. The number of carbonyl (C=O) groups is 1. The van der Waals surface area contributed by atoms with Gasteiger partial charge in [-0.25, -0.2) is 8.42 Å². The first-order chi connectivity index (χ1) is 8.90. The third-order valence-electron chi connectivity index (χ3n) is 4.00. The highest BCUT2D eigenvalue weighted by atomic mass is 32.2. The van der Waals surface area contributed by atoms with Gasteiger partial charge in [0.05, 0.1) is 11.8 Å². The van der Waals surface area contributed by atoms with Gasteiger partial charge in [0.1, 0.15) is 6.04 Å². The molecule has 0 radical (unpaired) electrons. The van der Waals surface area contributed by atoms with Crippen molar-refractivity contribution in [3.05, 3.63) is 0 Å². The van der Waals surface area contributed by atoms with Crippen molar-refractivity contribution in [3.63, 3.8) is 0 Å². The van der Waals surface area contributed by atoms with E-state index >= 15 is 0 Å². The Morgan fingerprint density at radius 1 is 1.42 bits per heavy atom. The van der Waals surface area contributed by atoms with Crippen LogP contribution in [0.4, 0.5) is 0 Å². The van der Waals surface area contributed by atoms with Crippen LogP contribution in [0.25, 0.3) is 0 Å². The van der Waals surface area contributed by atoms with E-state index in [2.05, 4.69) is 0 Å². The quantitative estimate of drug-likeness (QED) is 0.811. The maximum Gasteiger partial charge on any atom is 0.322 e. The zero-order chi connectivity index (χ0) is 14.1. The van der Waals surface area contributed by atoms with Gasteiger partial charge >= 0.3 is 5.97 Å². The second kappa shape index (κ2) is 5.10. The summed E-state index contributed by atoms with van der Waals surface area (Å²) in [7, 11) is -3.59. The molecule has 1 aliphatic carbocycles. The molecule has 1 N–H and O–H groups in total. The molecule has 106 valence electrons. The highest BCUT2D eigenvalue weighted by Gasteiger charge is 2.49. The fourth-order valence-corrected chi connectivity index (χ4v) is 4.99. The predicted octanol–water partition coefficient (Wildman–Crippen LogP) is 0.949. The van der Waals surface area contributed by atoms with Crippen LogP contribution in [0, 0.1) is 16.7 Å². The van der Waals surface area contributed by atoms with E-state index in [1.54, 1.807) is 0 Å². The molecule has 2 fully saturated rings. The van der Waals surface area contributed by atoms with Crippen LogP contribution in [0.2, 0.25) is 0 Å². The highest BCUT2D eigenvalue weighted by molar-refractivity contribution is 7.89. The summed E-state index contributed by atoms with van der Waals surface area (Å²) < 4.78 is 25.9. The van der Waals surface area contributed by atoms with Crippen molar-refractivity contribution in [1.82, 2.24) is 4.31 Å². The van der Waals surface area contributed by atoms with Crippen molar-refractivity contribution < 1.29 is 18.3 Å². The molecule has 1 atom stereocenters. The fourth-order valence-electron chi connectivity index (χ4n) is 2.67. The van der Waals surface area contributed by atoms with E-state index in [-0.39, 0.29) is 18.7 Å². The Morgan fingerprint density at radius 2 is 2.11 bits per heavy atom. The Bertz CT molecular complexity index is 504. The van der Waals surface area contributed by atoms with E-state index in [1.807, 2.05) is 6.07 Å². The molecular formula is C12H18N2O4S. The Labute approximate surface area is 113 Å². The van der Waals surface area contributed by atoms with Crippen LogP contribution in [0.1, 0.15) is 38.5 Å². The number of hydrogen-bond donors (Lipinski definition) is 1. The van der Waals surface area contributed by atoms with Crippen molar-refractivity contribution in [3.8, 4) is 6.07 Å². The van der Waals surface area contributed by atoms with Crippen LogP contribution in [-0.2, 0) is 14.8 Å². The van der Waals surface area contributed by atoms with Gasteiger partial charge in [-0.05, 0) is 37.5 Å². The van der Waals surface area contributed by atoms with E-state index in [0.717, 1.165) is 23.6 Å². The van der Waals surface area contributed by atoms with Gasteiger partial charge in [0.15, 0.2) is 0 Å². The Hall–Kier alpha value is -1.13. The summed E-state index contributed by atoms with van der Waals surface area (Å²) in [6, 6.07) is 1.10. The second-order valence-electron chi connectivity index (χ2n) is 5.55.